The van der Waals surface area contributed by atoms with Crippen LogP contribution in [0.4, 0.5) is 0 Å². The van der Waals surface area contributed by atoms with Crippen LogP contribution in [-0.4, -0.2) is 100 Å². The lowest BCUT2D eigenvalue weighted by Gasteiger charge is -2.43. The van der Waals surface area contributed by atoms with E-state index in [1.165, 1.54) is 55.5 Å². The van der Waals surface area contributed by atoms with Crippen LogP contribution >= 0.6 is 0 Å². The number of rotatable bonds is 14. The van der Waals surface area contributed by atoms with Crippen molar-refractivity contribution in [3.05, 3.63) is 102 Å². The Balaban J connectivity index is 0.868. The van der Waals surface area contributed by atoms with Crippen LogP contribution in [0.15, 0.2) is 84.9 Å². The molecular formula is C41H40O15. The van der Waals surface area contributed by atoms with Gasteiger partial charge in [-0.25, -0.2) is 14.4 Å². The predicted molar refractivity (Wildman–Crippen MR) is 193 cm³/mol. The first kappa shape index (κ1) is 38.8. The third kappa shape index (κ3) is 9.87. The van der Waals surface area contributed by atoms with Crippen molar-refractivity contribution in [2.45, 2.75) is 57.1 Å². The van der Waals surface area contributed by atoms with Crippen LogP contribution in [0.2, 0.25) is 0 Å². The highest BCUT2D eigenvalue weighted by atomic mass is 16.8. The van der Waals surface area contributed by atoms with Crippen molar-refractivity contribution in [2.75, 3.05) is 40.0 Å². The van der Waals surface area contributed by atoms with Crippen LogP contribution in [0, 0.1) is 0 Å². The highest BCUT2D eigenvalue weighted by Gasteiger charge is 2.45. The molecule has 56 heavy (non-hydrogen) atoms. The zero-order valence-electron chi connectivity index (χ0n) is 30.8. The van der Waals surface area contributed by atoms with Crippen molar-refractivity contribution < 1.29 is 71.3 Å². The molecule has 0 saturated carbocycles. The number of epoxide rings is 1. The molecular weight excluding hydrogens is 732 g/mol. The Morgan fingerprint density at radius 3 is 1.75 bits per heavy atom. The normalized spacial score (nSPS) is 23.3. The maximum atomic E-state index is 13.0. The van der Waals surface area contributed by atoms with Gasteiger partial charge in [0.1, 0.15) is 74.1 Å². The number of ether oxygens (including phenoxy) is 11. The van der Waals surface area contributed by atoms with Gasteiger partial charge in [-0.2, -0.15) is 0 Å². The van der Waals surface area contributed by atoms with E-state index in [0.717, 1.165) is 10.8 Å². The first-order valence-electron chi connectivity index (χ1n) is 17.9. The van der Waals surface area contributed by atoms with Crippen molar-refractivity contribution >= 4 is 34.6 Å². The van der Waals surface area contributed by atoms with Gasteiger partial charge < -0.3 is 52.1 Å². The van der Waals surface area contributed by atoms with Crippen molar-refractivity contribution in [3.8, 4) is 17.2 Å². The average molecular weight is 773 g/mol. The second-order valence-electron chi connectivity index (χ2n) is 13.6. The summed E-state index contributed by atoms with van der Waals surface area (Å²) in [6, 6.07) is 22.5. The molecule has 0 bridgehead atoms. The highest BCUT2D eigenvalue weighted by molar-refractivity contribution is 5.97. The maximum absolute atomic E-state index is 13.0. The fraction of sp³-hybridized carbons (Fsp3) is 0.366. The van der Waals surface area contributed by atoms with E-state index in [9.17, 15) is 19.2 Å². The Morgan fingerprint density at radius 1 is 0.661 bits per heavy atom. The zero-order valence-corrected chi connectivity index (χ0v) is 30.8. The maximum Gasteiger partial charge on any atom is 0.343 e. The molecule has 0 amide bonds. The largest absolute Gasteiger partial charge is 0.465 e. The lowest BCUT2D eigenvalue weighted by atomic mass is 10.0. The summed E-state index contributed by atoms with van der Waals surface area (Å²) in [7, 11) is 0. The van der Waals surface area contributed by atoms with E-state index < -0.39 is 54.6 Å². The lowest BCUT2D eigenvalue weighted by Crippen LogP contribution is -2.59. The van der Waals surface area contributed by atoms with E-state index in [1.54, 1.807) is 12.1 Å². The molecule has 0 aromatic heterocycles. The predicted octanol–water partition coefficient (Wildman–Crippen LogP) is 5.01. The smallest absolute Gasteiger partial charge is 0.343 e. The summed E-state index contributed by atoms with van der Waals surface area (Å²) in [6.07, 6.45) is -2.85. The number of benzene rings is 4. The van der Waals surface area contributed by atoms with Crippen molar-refractivity contribution in [1.82, 2.24) is 0 Å². The van der Waals surface area contributed by atoms with Crippen LogP contribution in [-0.2, 0) is 42.7 Å². The topological polar surface area (TPSA) is 173 Å². The van der Waals surface area contributed by atoms with Crippen molar-refractivity contribution in [3.63, 3.8) is 0 Å². The molecule has 6 atom stereocenters. The van der Waals surface area contributed by atoms with Gasteiger partial charge in [-0.15, -0.1) is 0 Å². The van der Waals surface area contributed by atoms with Gasteiger partial charge in [0.25, 0.3) is 0 Å². The van der Waals surface area contributed by atoms with E-state index in [-0.39, 0.29) is 55.0 Å². The van der Waals surface area contributed by atoms with Gasteiger partial charge in [-0.05, 0) is 97.4 Å². The number of hydrogen-bond donors (Lipinski definition) is 0. The molecule has 3 fully saturated rings. The van der Waals surface area contributed by atoms with Gasteiger partial charge >= 0.3 is 23.9 Å². The number of carbonyl (C=O) groups is 4. The molecule has 3 aliphatic rings. The van der Waals surface area contributed by atoms with Gasteiger partial charge in [0.15, 0.2) is 6.29 Å². The van der Waals surface area contributed by atoms with Gasteiger partial charge in [-0.3, -0.25) is 4.79 Å². The van der Waals surface area contributed by atoms with E-state index in [0.29, 0.717) is 24.5 Å². The van der Waals surface area contributed by atoms with Gasteiger partial charge in [0.05, 0.1) is 29.9 Å². The van der Waals surface area contributed by atoms with Crippen LogP contribution in [0.3, 0.4) is 0 Å². The molecule has 3 aliphatic heterocycles. The molecule has 4 aromatic carbocycles. The number of fused-ring (bicyclic) bond motifs is 2. The molecule has 0 aliphatic carbocycles. The Morgan fingerprint density at radius 2 is 1.16 bits per heavy atom. The molecule has 15 nitrogen and oxygen atoms in total. The van der Waals surface area contributed by atoms with Gasteiger partial charge in [0.2, 0.25) is 0 Å². The van der Waals surface area contributed by atoms with Crippen LogP contribution in [0.5, 0.6) is 17.2 Å². The molecule has 3 saturated heterocycles. The zero-order chi connectivity index (χ0) is 39.2. The summed E-state index contributed by atoms with van der Waals surface area (Å²) in [5, 5.41) is 1.70. The van der Waals surface area contributed by atoms with E-state index in [2.05, 4.69) is 0 Å². The average Bonchev–Trinajstić information content (AvgIpc) is 3.95. The Bertz CT molecular complexity index is 2040. The SMILES string of the molecule is CC(=O)OCC1OCOC2C(COC(=O)c3ccc(OC(=O)c4ccc(OC(=O)c5ccc6cc(OC(C)OCC7(C)CO7)ccc6c5)cc4)cc3)OCOC12. The molecule has 0 spiro atoms. The van der Waals surface area contributed by atoms with E-state index >= 15 is 0 Å². The third-order valence-electron chi connectivity index (χ3n) is 9.18. The molecule has 4 aromatic rings. The molecule has 3 heterocycles. The Hall–Kier alpha value is -5.42. The molecule has 294 valence electrons. The summed E-state index contributed by atoms with van der Waals surface area (Å²) in [5.74, 6) is -1.22. The van der Waals surface area contributed by atoms with Crippen LogP contribution < -0.4 is 14.2 Å². The molecule has 6 unspecified atom stereocenters. The molecule has 0 radical (unpaired) electrons. The monoisotopic (exact) mass is 772 g/mol. The second-order valence-corrected chi connectivity index (χ2v) is 13.6. The molecule has 7 rings (SSSR count). The summed E-state index contributed by atoms with van der Waals surface area (Å²) < 4.78 is 60.9. The fourth-order valence-electron chi connectivity index (χ4n) is 5.95. The summed E-state index contributed by atoms with van der Waals surface area (Å²) in [6.45, 7) is 5.94. The Kier molecular flexibility index (Phi) is 11.9. The summed E-state index contributed by atoms with van der Waals surface area (Å²) in [5.41, 5.74) is 0.556. The van der Waals surface area contributed by atoms with Crippen LogP contribution in [0.25, 0.3) is 10.8 Å². The minimum absolute atomic E-state index is 0.0104. The fourth-order valence-corrected chi connectivity index (χ4v) is 5.95. The number of hydrogen-bond acceptors (Lipinski definition) is 15. The quantitative estimate of drug-likeness (QED) is 0.0724. The minimum atomic E-state index is -0.655. The van der Waals surface area contributed by atoms with Crippen LogP contribution in [0.1, 0.15) is 51.8 Å². The second kappa shape index (κ2) is 17.2. The van der Waals surface area contributed by atoms with E-state index in [1.807, 2.05) is 38.1 Å². The standard InChI is InChI=1S/C41H40O15/c1-24(42)46-18-34-36-37(52-22-49-34)35(50-23-51-36)19-47-38(43)26-6-11-31(12-7-26)55-39(44)27-8-13-32(14-9-27)56-40(45)30-5-4-29-17-33(15-10-28(29)16-30)54-25(2)48-20-41(3)21-53-41/h4-17,25,34-37H,18-23H2,1-3H3. The molecule has 0 N–H and O–H groups in total. The summed E-state index contributed by atoms with van der Waals surface area (Å²) in [4.78, 5) is 49.8. The van der Waals surface area contributed by atoms with E-state index in [4.69, 9.17) is 52.1 Å². The van der Waals surface area contributed by atoms with Crippen molar-refractivity contribution in [2.24, 2.45) is 0 Å². The van der Waals surface area contributed by atoms with Gasteiger partial charge in [-0.1, -0.05) is 12.1 Å². The first-order valence-corrected chi connectivity index (χ1v) is 17.9. The number of carbonyl (C=O) groups excluding carboxylic acids is 4. The number of esters is 4. The molecule has 15 heteroatoms. The highest BCUT2D eigenvalue weighted by Crippen LogP contribution is 2.29. The van der Waals surface area contributed by atoms with Gasteiger partial charge in [0, 0.05) is 6.92 Å². The third-order valence-corrected chi connectivity index (χ3v) is 9.18. The lowest BCUT2D eigenvalue weighted by molar-refractivity contribution is -0.328. The Labute approximate surface area is 321 Å². The van der Waals surface area contributed by atoms with Crippen molar-refractivity contribution in [1.29, 1.82) is 0 Å². The minimum Gasteiger partial charge on any atom is -0.465 e. The first-order chi connectivity index (χ1) is 27.0. The summed E-state index contributed by atoms with van der Waals surface area (Å²) >= 11 is 0.